The smallest absolute Gasteiger partial charge is 0.226 e. The molecule has 0 aliphatic carbocycles. The normalized spacial score (nSPS) is 13.2. The number of hydrogen-bond acceptors (Lipinski definition) is 7. The topological polar surface area (TPSA) is 75.2 Å². The predicted molar refractivity (Wildman–Crippen MR) is 92.9 cm³/mol. The van der Waals surface area contributed by atoms with Crippen molar-refractivity contribution >= 4 is 11.8 Å². The maximum Gasteiger partial charge on any atom is 0.226 e. The zero-order valence-corrected chi connectivity index (χ0v) is 14.9. The van der Waals surface area contributed by atoms with E-state index in [1.165, 1.54) is 0 Å². The van der Waals surface area contributed by atoms with Gasteiger partial charge in [-0.05, 0) is 25.1 Å². The molecule has 130 valence electrons. The summed E-state index contributed by atoms with van der Waals surface area (Å²) in [5.41, 5.74) is 2.10. The van der Waals surface area contributed by atoms with Crippen LogP contribution in [0.3, 0.4) is 0 Å². The first kappa shape index (κ1) is 16.0. The van der Waals surface area contributed by atoms with Gasteiger partial charge in [-0.2, -0.15) is 0 Å². The Kier molecular flexibility index (Phi) is 4.35. The van der Waals surface area contributed by atoms with Crippen LogP contribution in [0.25, 0.3) is 11.3 Å². The van der Waals surface area contributed by atoms with Gasteiger partial charge in [0.15, 0.2) is 16.7 Å². The lowest BCUT2D eigenvalue weighted by atomic mass is 10.1. The molecule has 0 atom stereocenters. The van der Waals surface area contributed by atoms with Gasteiger partial charge in [-0.15, -0.1) is 10.2 Å². The molecule has 0 spiro atoms. The van der Waals surface area contributed by atoms with E-state index >= 15 is 0 Å². The second-order valence-corrected chi connectivity index (χ2v) is 6.47. The molecule has 0 bridgehead atoms. The van der Waals surface area contributed by atoms with Gasteiger partial charge in [0.2, 0.25) is 11.8 Å². The maximum absolute atomic E-state index is 5.69. The van der Waals surface area contributed by atoms with Gasteiger partial charge in [0, 0.05) is 19.0 Å². The molecule has 0 saturated carbocycles. The fourth-order valence-electron chi connectivity index (χ4n) is 2.73. The van der Waals surface area contributed by atoms with Crippen molar-refractivity contribution in [3.8, 4) is 22.8 Å². The standard InChI is InChI=1S/C17H18N4O3S/c1-3-21-13(12-4-5-14-15(8-12)23-7-6-22-14)9-18-17(21)25-10-16-20-19-11(2)24-16/h4-5,8-9H,3,6-7,10H2,1-2H3. The lowest BCUT2D eigenvalue weighted by Crippen LogP contribution is -2.15. The van der Waals surface area contributed by atoms with E-state index < -0.39 is 0 Å². The van der Waals surface area contributed by atoms with Gasteiger partial charge in [-0.25, -0.2) is 4.98 Å². The molecule has 1 aromatic carbocycles. The Hall–Kier alpha value is -2.48. The Morgan fingerprint density at radius 1 is 1.16 bits per heavy atom. The fourth-order valence-corrected chi connectivity index (χ4v) is 3.61. The number of aromatic nitrogens is 4. The summed E-state index contributed by atoms with van der Waals surface area (Å²) in [6.07, 6.45) is 1.89. The zero-order valence-electron chi connectivity index (χ0n) is 14.1. The third-order valence-electron chi connectivity index (χ3n) is 3.87. The average Bonchev–Trinajstić information content (AvgIpc) is 3.25. The summed E-state index contributed by atoms with van der Waals surface area (Å²) in [6.45, 7) is 5.87. The summed E-state index contributed by atoms with van der Waals surface area (Å²) >= 11 is 1.58. The number of hydrogen-bond donors (Lipinski definition) is 0. The first-order valence-electron chi connectivity index (χ1n) is 8.12. The molecule has 3 heterocycles. The van der Waals surface area contributed by atoms with Gasteiger partial charge >= 0.3 is 0 Å². The molecule has 3 aromatic rings. The van der Waals surface area contributed by atoms with Crippen molar-refractivity contribution in [2.75, 3.05) is 13.2 Å². The number of ether oxygens (including phenoxy) is 2. The van der Waals surface area contributed by atoms with Crippen LogP contribution in [0.5, 0.6) is 11.5 Å². The monoisotopic (exact) mass is 358 g/mol. The molecule has 0 unspecified atom stereocenters. The fraction of sp³-hybridized carbons (Fsp3) is 0.353. The van der Waals surface area contributed by atoms with E-state index in [1.54, 1.807) is 18.7 Å². The van der Waals surface area contributed by atoms with Crippen molar-refractivity contribution in [2.24, 2.45) is 0 Å². The van der Waals surface area contributed by atoms with Crippen LogP contribution in [0.4, 0.5) is 0 Å². The minimum Gasteiger partial charge on any atom is -0.486 e. The number of thioether (sulfide) groups is 1. The van der Waals surface area contributed by atoms with E-state index in [0.29, 0.717) is 30.7 Å². The van der Waals surface area contributed by atoms with Crippen molar-refractivity contribution < 1.29 is 13.9 Å². The highest BCUT2D eigenvalue weighted by atomic mass is 32.2. The maximum atomic E-state index is 5.69. The molecule has 0 N–H and O–H groups in total. The number of fused-ring (bicyclic) bond motifs is 1. The van der Waals surface area contributed by atoms with Crippen molar-refractivity contribution in [3.05, 3.63) is 36.2 Å². The molecule has 8 heteroatoms. The number of nitrogens with zero attached hydrogens (tertiary/aromatic N) is 4. The van der Waals surface area contributed by atoms with Crippen LogP contribution < -0.4 is 9.47 Å². The van der Waals surface area contributed by atoms with E-state index in [4.69, 9.17) is 13.9 Å². The van der Waals surface area contributed by atoms with Crippen LogP contribution in [0.1, 0.15) is 18.7 Å². The second-order valence-electron chi connectivity index (χ2n) is 5.53. The van der Waals surface area contributed by atoms with Crippen molar-refractivity contribution in [1.29, 1.82) is 0 Å². The molecule has 0 amide bonds. The van der Waals surface area contributed by atoms with Crippen molar-refractivity contribution in [2.45, 2.75) is 31.3 Å². The molecule has 0 saturated heterocycles. The molecule has 1 aliphatic heterocycles. The van der Waals surface area contributed by atoms with E-state index in [-0.39, 0.29) is 0 Å². The predicted octanol–water partition coefficient (Wildman–Crippen LogP) is 3.32. The molecular formula is C17H18N4O3S. The number of imidazole rings is 1. The SMILES string of the molecule is CCn1c(-c2ccc3c(c2)OCCO3)cnc1SCc1nnc(C)o1. The molecule has 25 heavy (non-hydrogen) atoms. The highest BCUT2D eigenvalue weighted by molar-refractivity contribution is 7.98. The van der Waals surface area contributed by atoms with Gasteiger partial charge in [0.25, 0.3) is 0 Å². The summed E-state index contributed by atoms with van der Waals surface area (Å²) in [5.74, 6) is 3.35. The zero-order chi connectivity index (χ0) is 17.2. The number of rotatable bonds is 5. The number of aryl methyl sites for hydroxylation is 1. The van der Waals surface area contributed by atoms with Crippen LogP contribution in [-0.2, 0) is 12.3 Å². The van der Waals surface area contributed by atoms with Crippen LogP contribution >= 0.6 is 11.8 Å². The molecular weight excluding hydrogens is 340 g/mol. The van der Waals surface area contributed by atoms with E-state index in [2.05, 4.69) is 26.7 Å². The van der Waals surface area contributed by atoms with Gasteiger partial charge < -0.3 is 18.5 Å². The van der Waals surface area contributed by atoms with Crippen LogP contribution in [0, 0.1) is 6.92 Å². The largest absolute Gasteiger partial charge is 0.486 e. The van der Waals surface area contributed by atoms with Gasteiger partial charge in [-0.1, -0.05) is 11.8 Å². The molecule has 4 rings (SSSR count). The lowest BCUT2D eigenvalue weighted by Gasteiger charge is -2.19. The molecule has 2 aromatic heterocycles. The highest BCUT2D eigenvalue weighted by Gasteiger charge is 2.16. The van der Waals surface area contributed by atoms with Crippen molar-refractivity contribution in [1.82, 2.24) is 19.7 Å². The third kappa shape index (κ3) is 3.21. The Labute approximate surface area is 149 Å². The first-order chi connectivity index (χ1) is 12.2. The van der Waals surface area contributed by atoms with Crippen LogP contribution in [0.2, 0.25) is 0 Å². The third-order valence-corrected chi connectivity index (χ3v) is 4.84. The average molecular weight is 358 g/mol. The van der Waals surface area contributed by atoms with Crippen LogP contribution in [-0.4, -0.2) is 33.0 Å². The van der Waals surface area contributed by atoms with E-state index in [0.717, 1.165) is 34.5 Å². The molecule has 7 nitrogen and oxygen atoms in total. The van der Waals surface area contributed by atoms with E-state index in [9.17, 15) is 0 Å². The first-order valence-corrected chi connectivity index (χ1v) is 9.10. The second kappa shape index (κ2) is 6.79. The summed E-state index contributed by atoms with van der Waals surface area (Å²) in [5, 5.41) is 8.80. The van der Waals surface area contributed by atoms with Gasteiger partial charge in [0.1, 0.15) is 13.2 Å². The van der Waals surface area contributed by atoms with Gasteiger partial charge in [0.05, 0.1) is 17.6 Å². The summed E-state index contributed by atoms with van der Waals surface area (Å²) in [6, 6.07) is 5.99. The highest BCUT2D eigenvalue weighted by Crippen LogP contribution is 2.35. The minimum absolute atomic E-state index is 0.575. The van der Waals surface area contributed by atoms with E-state index in [1.807, 2.05) is 24.4 Å². The Balaban J connectivity index is 1.59. The summed E-state index contributed by atoms with van der Waals surface area (Å²) in [4.78, 5) is 4.56. The summed E-state index contributed by atoms with van der Waals surface area (Å²) < 4.78 is 18.9. The summed E-state index contributed by atoms with van der Waals surface area (Å²) in [7, 11) is 0. The quantitative estimate of drug-likeness (QED) is 0.648. The number of benzene rings is 1. The lowest BCUT2D eigenvalue weighted by molar-refractivity contribution is 0.171. The molecule has 0 radical (unpaired) electrons. The van der Waals surface area contributed by atoms with Gasteiger partial charge in [-0.3, -0.25) is 0 Å². The minimum atomic E-state index is 0.575. The van der Waals surface area contributed by atoms with Crippen LogP contribution in [0.15, 0.2) is 34.0 Å². The van der Waals surface area contributed by atoms with Crippen molar-refractivity contribution in [3.63, 3.8) is 0 Å². The molecule has 0 fully saturated rings. The molecule has 1 aliphatic rings. The Bertz CT molecular complexity index is 890. The Morgan fingerprint density at radius 2 is 2.00 bits per heavy atom. The Morgan fingerprint density at radius 3 is 2.76 bits per heavy atom.